The van der Waals surface area contributed by atoms with Crippen molar-refractivity contribution in [2.24, 2.45) is 0 Å². The summed E-state index contributed by atoms with van der Waals surface area (Å²) in [4.78, 5) is 2.07. The number of likely N-dealkylation sites (tertiary alicyclic amines) is 1. The van der Waals surface area contributed by atoms with Gasteiger partial charge >= 0.3 is 0 Å². The van der Waals surface area contributed by atoms with Crippen molar-refractivity contribution in [3.8, 4) is 6.07 Å². The molecule has 1 heterocycles. The highest BCUT2D eigenvalue weighted by Gasteiger charge is 2.17. The van der Waals surface area contributed by atoms with E-state index in [-0.39, 0.29) is 6.04 Å². The molecule has 2 heteroatoms. The lowest BCUT2D eigenvalue weighted by atomic mass is 10.0. The molecule has 1 aliphatic rings. The Morgan fingerprint density at radius 3 is 3.00 bits per heavy atom. The van der Waals surface area contributed by atoms with E-state index in [1.165, 1.54) is 6.42 Å². The van der Waals surface area contributed by atoms with E-state index in [9.17, 15) is 0 Å². The molecule has 2 nitrogen and oxygen atoms in total. The summed E-state index contributed by atoms with van der Waals surface area (Å²) in [5.74, 6) is 0. The van der Waals surface area contributed by atoms with Gasteiger partial charge in [-0.05, 0) is 32.9 Å². The minimum Gasteiger partial charge on any atom is -0.291 e. The van der Waals surface area contributed by atoms with Crippen molar-refractivity contribution in [3.05, 3.63) is 6.42 Å². The van der Waals surface area contributed by atoms with E-state index < -0.39 is 0 Å². The van der Waals surface area contributed by atoms with E-state index in [2.05, 4.69) is 17.4 Å². The second-order valence-electron chi connectivity index (χ2n) is 2.43. The van der Waals surface area contributed by atoms with Crippen molar-refractivity contribution < 1.29 is 0 Å². The van der Waals surface area contributed by atoms with Gasteiger partial charge in [-0.2, -0.15) is 5.26 Å². The molecular formula is C7H11N2. The van der Waals surface area contributed by atoms with Gasteiger partial charge in [-0.1, -0.05) is 0 Å². The Hall–Kier alpha value is -0.550. The molecule has 0 amide bonds. The number of hydrogen-bond acceptors (Lipinski definition) is 2. The highest BCUT2D eigenvalue weighted by Crippen LogP contribution is 2.12. The summed E-state index contributed by atoms with van der Waals surface area (Å²) in [5, 5.41) is 8.54. The van der Waals surface area contributed by atoms with Gasteiger partial charge in [0.2, 0.25) is 0 Å². The molecule has 9 heavy (non-hydrogen) atoms. The number of hydrogen-bond donors (Lipinski definition) is 0. The lowest BCUT2D eigenvalue weighted by Crippen LogP contribution is -2.35. The second-order valence-corrected chi connectivity index (χ2v) is 2.43. The minimum absolute atomic E-state index is 0.0683. The van der Waals surface area contributed by atoms with Crippen molar-refractivity contribution in [1.29, 1.82) is 5.26 Å². The molecular weight excluding hydrogens is 112 g/mol. The number of piperidine rings is 1. The average molecular weight is 123 g/mol. The zero-order chi connectivity index (χ0) is 6.69. The summed E-state index contributed by atoms with van der Waals surface area (Å²) >= 11 is 0. The van der Waals surface area contributed by atoms with Crippen molar-refractivity contribution in [1.82, 2.24) is 4.90 Å². The largest absolute Gasteiger partial charge is 0.291 e. The monoisotopic (exact) mass is 123 g/mol. The molecule has 0 aromatic carbocycles. The maximum absolute atomic E-state index is 8.54. The highest BCUT2D eigenvalue weighted by molar-refractivity contribution is 5.02. The molecule has 0 spiro atoms. The smallest absolute Gasteiger partial charge is 0.101 e. The lowest BCUT2D eigenvalue weighted by Gasteiger charge is -2.26. The van der Waals surface area contributed by atoms with Crippen molar-refractivity contribution >= 4 is 0 Å². The average Bonchev–Trinajstić information content (AvgIpc) is 1.89. The molecule has 1 saturated heterocycles. The van der Waals surface area contributed by atoms with Crippen LogP contribution >= 0.6 is 0 Å². The van der Waals surface area contributed by atoms with Gasteiger partial charge < -0.3 is 0 Å². The van der Waals surface area contributed by atoms with Crippen molar-refractivity contribution in [2.75, 3.05) is 13.6 Å². The van der Waals surface area contributed by atoms with Gasteiger partial charge in [-0.25, -0.2) is 0 Å². The quantitative estimate of drug-likeness (QED) is 0.476. The Kier molecular flexibility index (Phi) is 2.07. The summed E-state index contributed by atoms with van der Waals surface area (Å²) < 4.78 is 0. The SMILES string of the molecule is CN1CCC[CH]C1C#N. The highest BCUT2D eigenvalue weighted by atomic mass is 15.1. The molecule has 1 unspecified atom stereocenters. The first-order valence-corrected chi connectivity index (χ1v) is 3.28. The Bertz CT molecular complexity index is 125. The van der Waals surface area contributed by atoms with Gasteiger partial charge in [-0.15, -0.1) is 0 Å². The van der Waals surface area contributed by atoms with Crippen LogP contribution in [0.1, 0.15) is 12.8 Å². The zero-order valence-corrected chi connectivity index (χ0v) is 5.67. The molecule has 1 aliphatic heterocycles. The van der Waals surface area contributed by atoms with Gasteiger partial charge in [0.15, 0.2) is 0 Å². The van der Waals surface area contributed by atoms with Gasteiger partial charge in [0.05, 0.1) is 6.07 Å². The molecule has 0 aliphatic carbocycles. The van der Waals surface area contributed by atoms with E-state index in [0.29, 0.717) is 0 Å². The van der Waals surface area contributed by atoms with Crippen LogP contribution in [-0.2, 0) is 0 Å². The number of nitriles is 1. The summed E-state index contributed by atoms with van der Waals surface area (Å²) in [7, 11) is 1.99. The Balaban J connectivity index is 2.41. The Morgan fingerprint density at radius 1 is 1.78 bits per heavy atom. The minimum atomic E-state index is 0.0683. The van der Waals surface area contributed by atoms with Crippen LogP contribution in [0.5, 0.6) is 0 Å². The fraction of sp³-hybridized carbons (Fsp3) is 0.714. The normalized spacial score (nSPS) is 29.6. The maximum Gasteiger partial charge on any atom is 0.101 e. The third-order valence-electron chi connectivity index (χ3n) is 1.71. The molecule has 1 rings (SSSR count). The predicted molar refractivity (Wildman–Crippen MR) is 35.6 cm³/mol. The first-order chi connectivity index (χ1) is 4.34. The second kappa shape index (κ2) is 2.84. The van der Waals surface area contributed by atoms with Crippen molar-refractivity contribution in [3.63, 3.8) is 0 Å². The van der Waals surface area contributed by atoms with Crippen LogP contribution in [0.2, 0.25) is 0 Å². The summed E-state index contributed by atoms with van der Waals surface area (Å²) in [6, 6.07) is 2.29. The molecule has 1 radical (unpaired) electrons. The molecule has 0 aromatic heterocycles. The third-order valence-corrected chi connectivity index (χ3v) is 1.71. The van der Waals surface area contributed by atoms with E-state index in [4.69, 9.17) is 5.26 Å². The van der Waals surface area contributed by atoms with Gasteiger partial charge in [0.25, 0.3) is 0 Å². The standard InChI is InChI=1S/C7H11N2/c1-9-5-3-2-4-7(9)6-8/h4,7H,2-3,5H2,1H3. The van der Waals surface area contributed by atoms with E-state index in [1.54, 1.807) is 0 Å². The molecule has 49 valence electrons. The molecule has 0 N–H and O–H groups in total. The molecule has 1 atom stereocenters. The Labute approximate surface area is 56.1 Å². The fourth-order valence-electron chi connectivity index (χ4n) is 1.09. The number of rotatable bonds is 0. The van der Waals surface area contributed by atoms with Crippen molar-refractivity contribution in [2.45, 2.75) is 18.9 Å². The summed E-state index contributed by atoms with van der Waals surface area (Å²) in [6.45, 7) is 1.06. The lowest BCUT2D eigenvalue weighted by molar-refractivity contribution is 0.272. The summed E-state index contributed by atoms with van der Waals surface area (Å²) in [6.07, 6.45) is 4.38. The van der Waals surface area contributed by atoms with Crippen LogP contribution in [-0.4, -0.2) is 24.5 Å². The van der Waals surface area contributed by atoms with Crippen LogP contribution in [0, 0.1) is 17.8 Å². The third kappa shape index (κ3) is 1.43. The van der Waals surface area contributed by atoms with Crippen LogP contribution in [0.25, 0.3) is 0 Å². The molecule has 1 fully saturated rings. The van der Waals surface area contributed by atoms with E-state index in [1.807, 2.05) is 7.05 Å². The number of nitrogens with zero attached hydrogens (tertiary/aromatic N) is 2. The van der Waals surface area contributed by atoms with Crippen LogP contribution in [0.3, 0.4) is 0 Å². The zero-order valence-electron chi connectivity index (χ0n) is 5.67. The molecule has 0 saturated carbocycles. The Morgan fingerprint density at radius 2 is 2.56 bits per heavy atom. The van der Waals surface area contributed by atoms with Gasteiger partial charge in [-0.3, -0.25) is 4.90 Å². The summed E-state index contributed by atoms with van der Waals surface area (Å²) in [5.41, 5.74) is 0. The maximum atomic E-state index is 8.54. The first-order valence-electron chi connectivity index (χ1n) is 3.28. The fourth-order valence-corrected chi connectivity index (χ4v) is 1.09. The van der Waals surface area contributed by atoms with Crippen LogP contribution in [0.4, 0.5) is 0 Å². The van der Waals surface area contributed by atoms with Crippen LogP contribution < -0.4 is 0 Å². The molecule has 0 aromatic rings. The van der Waals surface area contributed by atoms with Gasteiger partial charge in [0.1, 0.15) is 6.04 Å². The predicted octanol–water partition coefficient (Wildman–Crippen LogP) is 0.808. The molecule has 0 bridgehead atoms. The van der Waals surface area contributed by atoms with E-state index in [0.717, 1.165) is 13.0 Å². The van der Waals surface area contributed by atoms with Gasteiger partial charge in [0, 0.05) is 0 Å². The first kappa shape index (κ1) is 6.57. The van der Waals surface area contributed by atoms with Crippen LogP contribution in [0.15, 0.2) is 0 Å². The van der Waals surface area contributed by atoms with E-state index >= 15 is 0 Å². The topological polar surface area (TPSA) is 27.0 Å².